The smallest absolute Gasteiger partial charge is 0.170 e. The van der Waals surface area contributed by atoms with Crippen molar-refractivity contribution < 1.29 is 13.9 Å². The molecule has 88 valence electrons. The molecule has 0 saturated heterocycles. The van der Waals surface area contributed by atoms with Crippen LogP contribution in [0.1, 0.15) is 15.9 Å². The molecule has 4 heteroatoms. The maximum absolute atomic E-state index is 13.8. The van der Waals surface area contributed by atoms with Gasteiger partial charge in [-0.2, -0.15) is 0 Å². The lowest BCUT2D eigenvalue weighted by molar-refractivity contribution is 0.112. The van der Waals surface area contributed by atoms with E-state index in [9.17, 15) is 9.18 Å². The molecule has 17 heavy (non-hydrogen) atoms. The third-order valence-corrected chi connectivity index (χ3v) is 2.53. The number of methoxy groups -OCH3 is 1. The fraction of sp³-hybridized carbons (Fsp3) is 0.154. The lowest BCUT2D eigenvalue weighted by Crippen LogP contribution is -2.01. The highest BCUT2D eigenvalue weighted by Crippen LogP contribution is 2.20. The Morgan fingerprint density at radius 2 is 2.24 bits per heavy atom. The van der Waals surface area contributed by atoms with E-state index in [-0.39, 0.29) is 11.6 Å². The third-order valence-electron chi connectivity index (χ3n) is 2.53. The van der Waals surface area contributed by atoms with E-state index in [2.05, 4.69) is 0 Å². The van der Waals surface area contributed by atoms with Crippen molar-refractivity contribution in [3.05, 3.63) is 53.6 Å². The van der Waals surface area contributed by atoms with Gasteiger partial charge in [-0.05, 0) is 12.1 Å². The first kappa shape index (κ1) is 11.4. The van der Waals surface area contributed by atoms with Gasteiger partial charge in [0.15, 0.2) is 17.9 Å². The lowest BCUT2D eigenvalue weighted by atomic mass is 10.2. The van der Waals surface area contributed by atoms with Crippen molar-refractivity contribution >= 4 is 6.29 Å². The summed E-state index contributed by atoms with van der Waals surface area (Å²) in [4.78, 5) is 10.5. The minimum atomic E-state index is -0.364. The average Bonchev–Trinajstić information content (AvgIpc) is 2.79. The second-order valence-corrected chi connectivity index (χ2v) is 3.67. The number of hydrogen-bond donors (Lipinski definition) is 0. The van der Waals surface area contributed by atoms with Crippen molar-refractivity contribution in [2.24, 2.45) is 0 Å². The Bertz CT molecular complexity index is 534. The first-order valence-corrected chi connectivity index (χ1v) is 5.17. The minimum absolute atomic E-state index is 0.227. The molecule has 0 unspecified atom stereocenters. The molecular weight excluding hydrogens is 221 g/mol. The van der Waals surface area contributed by atoms with Crippen LogP contribution in [-0.4, -0.2) is 18.0 Å². The molecule has 1 aromatic carbocycles. The molecule has 0 atom stereocenters. The summed E-state index contributed by atoms with van der Waals surface area (Å²) in [5, 5.41) is 0. The number of benzene rings is 1. The molecule has 2 aromatic rings. The predicted molar refractivity (Wildman–Crippen MR) is 61.9 cm³/mol. The fourth-order valence-electron chi connectivity index (χ4n) is 1.66. The summed E-state index contributed by atoms with van der Waals surface area (Å²) in [5.74, 6) is -0.137. The van der Waals surface area contributed by atoms with E-state index in [1.165, 1.54) is 7.11 Å². The van der Waals surface area contributed by atoms with Crippen LogP contribution >= 0.6 is 0 Å². The van der Waals surface area contributed by atoms with Crippen LogP contribution in [-0.2, 0) is 6.54 Å². The van der Waals surface area contributed by atoms with Gasteiger partial charge in [0, 0.05) is 23.5 Å². The van der Waals surface area contributed by atoms with Crippen LogP contribution in [0.15, 0.2) is 36.7 Å². The highest BCUT2D eigenvalue weighted by Gasteiger charge is 2.08. The number of halogens is 1. The van der Waals surface area contributed by atoms with Crippen molar-refractivity contribution in [1.82, 2.24) is 4.57 Å². The second kappa shape index (κ2) is 4.82. The molecule has 2 rings (SSSR count). The molecule has 0 fully saturated rings. The van der Waals surface area contributed by atoms with Crippen LogP contribution < -0.4 is 4.74 Å². The Kier molecular flexibility index (Phi) is 3.23. The lowest BCUT2D eigenvalue weighted by Gasteiger charge is -2.08. The van der Waals surface area contributed by atoms with Gasteiger partial charge in [-0.1, -0.05) is 12.1 Å². The zero-order valence-corrected chi connectivity index (χ0v) is 9.39. The number of ether oxygens (including phenoxy) is 1. The molecule has 0 aliphatic rings. The number of rotatable bonds is 4. The van der Waals surface area contributed by atoms with Gasteiger partial charge < -0.3 is 9.30 Å². The van der Waals surface area contributed by atoms with E-state index in [0.717, 1.165) is 6.29 Å². The van der Waals surface area contributed by atoms with E-state index in [0.29, 0.717) is 17.7 Å². The molecule has 0 N–H and O–H groups in total. The molecule has 1 heterocycles. The number of nitrogens with zero attached hydrogens (tertiary/aromatic N) is 1. The molecule has 0 saturated carbocycles. The zero-order valence-electron chi connectivity index (χ0n) is 9.39. The average molecular weight is 233 g/mol. The summed E-state index contributed by atoms with van der Waals surface area (Å²) in [6, 6.07) is 6.69. The van der Waals surface area contributed by atoms with Gasteiger partial charge in [0.1, 0.15) is 0 Å². The minimum Gasteiger partial charge on any atom is -0.494 e. The maximum atomic E-state index is 13.8. The van der Waals surface area contributed by atoms with Gasteiger partial charge in [0.2, 0.25) is 0 Å². The van der Waals surface area contributed by atoms with Crippen LogP contribution in [0.4, 0.5) is 4.39 Å². The summed E-state index contributed by atoms with van der Waals surface area (Å²) >= 11 is 0. The second-order valence-electron chi connectivity index (χ2n) is 3.67. The van der Waals surface area contributed by atoms with Gasteiger partial charge in [0.05, 0.1) is 13.7 Å². The van der Waals surface area contributed by atoms with Crippen LogP contribution in [0.25, 0.3) is 0 Å². The van der Waals surface area contributed by atoms with Crippen LogP contribution in [0, 0.1) is 5.82 Å². The normalized spacial score (nSPS) is 10.2. The van der Waals surface area contributed by atoms with Gasteiger partial charge in [-0.3, -0.25) is 4.79 Å². The molecule has 0 spiro atoms. The van der Waals surface area contributed by atoms with E-state index >= 15 is 0 Å². The highest BCUT2D eigenvalue weighted by molar-refractivity contribution is 5.74. The van der Waals surface area contributed by atoms with E-state index in [1.807, 2.05) is 0 Å². The highest BCUT2D eigenvalue weighted by atomic mass is 19.1. The number of hydrogen-bond acceptors (Lipinski definition) is 2. The summed E-state index contributed by atoms with van der Waals surface area (Å²) < 4.78 is 20.5. The summed E-state index contributed by atoms with van der Waals surface area (Å²) in [7, 11) is 1.43. The maximum Gasteiger partial charge on any atom is 0.170 e. The Morgan fingerprint density at radius 1 is 1.41 bits per heavy atom. The molecule has 3 nitrogen and oxygen atoms in total. The number of aromatic nitrogens is 1. The topological polar surface area (TPSA) is 31.2 Å². The Hall–Kier alpha value is -2.10. The number of carbonyl (C=O) groups is 1. The van der Waals surface area contributed by atoms with Gasteiger partial charge in [-0.15, -0.1) is 0 Å². The Balaban J connectivity index is 2.26. The Morgan fingerprint density at radius 3 is 2.88 bits per heavy atom. The standard InChI is InChI=1S/C13H12FNO2/c1-17-12-4-2-3-11(13(12)14)8-15-6-5-10(7-15)9-16/h2-7,9H,8H2,1H3. The van der Waals surface area contributed by atoms with E-state index in [1.54, 1.807) is 41.2 Å². The predicted octanol–water partition coefficient (Wildman–Crippen LogP) is 2.50. The van der Waals surface area contributed by atoms with Gasteiger partial charge >= 0.3 is 0 Å². The molecule has 0 aliphatic heterocycles. The van der Waals surface area contributed by atoms with Crippen LogP contribution in [0.2, 0.25) is 0 Å². The van der Waals surface area contributed by atoms with Crippen molar-refractivity contribution in [3.63, 3.8) is 0 Å². The molecular formula is C13H12FNO2. The Labute approximate surface area is 98.4 Å². The molecule has 1 aromatic heterocycles. The van der Waals surface area contributed by atoms with E-state index in [4.69, 9.17) is 4.74 Å². The van der Waals surface area contributed by atoms with Crippen molar-refractivity contribution in [2.75, 3.05) is 7.11 Å². The molecule has 0 amide bonds. The van der Waals surface area contributed by atoms with E-state index < -0.39 is 0 Å². The van der Waals surface area contributed by atoms with Crippen molar-refractivity contribution in [1.29, 1.82) is 0 Å². The van der Waals surface area contributed by atoms with Crippen molar-refractivity contribution in [2.45, 2.75) is 6.54 Å². The first-order valence-electron chi connectivity index (χ1n) is 5.17. The van der Waals surface area contributed by atoms with Gasteiger partial charge in [0.25, 0.3) is 0 Å². The van der Waals surface area contributed by atoms with Gasteiger partial charge in [-0.25, -0.2) is 4.39 Å². The zero-order chi connectivity index (χ0) is 12.3. The summed E-state index contributed by atoms with van der Waals surface area (Å²) in [6.45, 7) is 0.372. The van der Waals surface area contributed by atoms with Crippen molar-refractivity contribution in [3.8, 4) is 5.75 Å². The third kappa shape index (κ3) is 2.36. The monoisotopic (exact) mass is 233 g/mol. The molecule has 0 radical (unpaired) electrons. The fourth-order valence-corrected chi connectivity index (χ4v) is 1.66. The summed E-state index contributed by atoms with van der Waals surface area (Å²) in [5.41, 5.74) is 1.10. The number of aldehydes is 1. The largest absolute Gasteiger partial charge is 0.494 e. The molecule has 0 bridgehead atoms. The SMILES string of the molecule is COc1cccc(Cn2ccc(C=O)c2)c1F. The van der Waals surface area contributed by atoms with Crippen LogP contribution in [0.5, 0.6) is 5.75 Å². The van der Waals surface area contributed by atoms with Crippen LogP contribution in [0.3, 0.4) is 0 Å². The molecule has 0 aliphatic carbocycles. The number of carbonyl (C=O) groups excluding carboxylic acids is 1. The summed E-state index contributed by atoms with van der Waals surface area (Å²) in [6.07, 6.45) is 4.17. The first-order chi connectivity index (χ1) is 8.24. The quantitative estimate of drug-likeness (QED) is 0.760.